The van der Waals surface area contributed by atoms with Crippen LogP contribution in [0.15, 0.2) is 47.2 Å². The van der Waals surface area contributed by atoms with Crippen LogP contribution in [-0.4, -0.2) is 41.2 Å². The fraction of sp³-hybridized carbons (Fsp3) is 0.360. The first-order chi connectivity index (χ1) is 15.8. The third-order valence-electron chi connectivity index (χ3n) is 5.71. The highest BCUT2D eigenvalue weighted by Gasteiger charge is 2.35. The summed E-state index contributed by atoms with van der Waals surface area (Å²) >= 11 is 16.0. The quantitative estimate of drug-likeness (QED) is 0.365. The Labute approximate surface area is 212 Å². The van der Waals surface area contributed by atoms with Crippen LogP contribution in [0, 0.1) is 5.92 Å². The highest BCUT2D eigenvalue weighted by molar-refractivity contribution is 7.10. The van der Waals surface area contributed by atoms with Gasteiger partial charge < -0.3 is 9.80 Å². The SMILES string of the molecule is CC(C)CN(CC(=O)N1CCc2sccc2C1c1ccc(Cl)cc1Cl)C(=O)Cc1cccs1. The Morgan fingerprint density at radius 3 is 2.64 bits per heavy atom. The molecule has 3 heterocycles. The van der Waals surface area contributed by atoms with Crippen molar-refractivity contribution in [3.8, 4) is 0 Å². The van der Waals surface area contributed by atoms with Gasteiger partial charge in [0.2, 0.25) is 11.8 Å². The standard InChI is InChI=1S/C25H26Cl2N2O2S2/c1-16(2)14-28(23(30)13-18-4-3-10-32-18)15-24(31)29-9-7-22-20(8-11-33-22)25(29)19-6-5-17(26)12-21(19)27/h3-6,8,10-12,16,25H,7,9,13-15H2,1-2H3. The van der Waals surface area contributed by atoms with Gasteiger partial charge in [-0.25, -0.2) is 0 Å². The molecule has 0 spiro atoms. The predicted molar refractivity (Wildman–Crippen MR) is 137 cm³/mol. The molecule has 1 aromatic carbocycles. The Morgan fingerprint density at radius 2 is 1.94 bits per heavy atom. The second kappa shape index (κ2) is 10.6. The van der Waals surface area contributed by atoms with E-state index in [2.05, 4.69) is 25.3 Å². The summed E-state index contributed by atoms with van der Waals surface area (Å²) in [7, 11) is 0. The maximum Gasteiger partial charge on any atom is 0.242 e. The topological polar surface area (TPSA) is 40.6 Å². The average Bonchev–Trinajstić information content (AvgIpc) is 3.44. The van der Waals surface area contributed by atoms with Crippen LogP contribution in [0.4, 0.5) is 0 Å². The van der Waals surface area contributed by atoms with Gasteiger partial charge in [0.25, 0.3) is 0 Å². The molecule has 0 radical (unpaired) electrons. The smallest absolute Gasteiger partial charge is 0.242 e. The lowest BCUT2D eigenvalue weighted by atomic mass is 9.93. The third-order valence-corrected chi connectivity index (χ3v) is 8.15. The first kappa shape index (κ1) is 24.3. The van der Waals surface area contributed by atoms with Crippen molar-refractivity contribution in [1.82, 2.24) is 9.80 Å². The number of carbonyl (C=O) groups is 2. The fourth-order valence-corrected chi connectivity index (χ4v) is 6.38. The van der Waals surface area contributed by atoms with Crippen molar-refractivity contribution in [1.29, 1.82) is 0 Å². The fourth-order valence-electron chi connectivity index (χ4n) is 4.27. The normalized spacial score (nSPS) is 15.5. The first-order valence-electron chi connectivity index (χ1n) is 10.9. The summed E-state index contributed by atoms with van der Waals surface area (Å²) in [6.07, 6.45) is 1.12. The van der Waals surface area contributed by atoms with Gasteiger partial charge in [0, 0.05) is 32.9 Å². The Hall–Kier alpha value is -1.86. The zero-order valence-electron chi connectivity index (χ0n) is 18.6. The molecule has 0 saturated heterocycles. The van der Waals surface area contributed by atoms with Gasteiger partial charge in [-0.15, -0.1) is 22.7 Å². The van der Waals surface area contributed by atoms with Crippen LogP contribution in [0.5, 0.6) is 0 Å². The molecule has 1 aliphatic rings. The number of hydrogen-bond acceptors (Lipinski definition) is 4. The number of thiophene rings is 2. The summed E-state index contributed by atoms with van der Waals surface area (Å²) < 4.78 is 0. The summed E-state index contributed by atoms with van der Waals surface area (Å²) in [4.78, 5) is 32.6. The van der Waals surface area contributed by atoms with E-state index < -0.39 is 0 Å². The molecule has 0 bridgehead atoms. The minimum absolute atomic E-state index is 0.0196. The summed E-state index contributed by atoms with van der Waals surface area (Å²) in [6, 6.07) is 11.1. The molecule has 1 atom stereocenters. The summed E-state index contributed by atoms with van der Waals surface area (Å²) in [5.74, 6) is 0.174. The van der Waals surface area contributed by atoms with Gasteiger partial charge in [0.05, 0.1) is 19.0 Å². The molecule has 174 valence electrons. The molecule has 4 nitrogen and oxygen atoms in total. The molecule has 1 aliphatic heterocycles. The minimum atomic E-state index is -0.287. The molecule has 0 saturated carbocycles. The van der Waals surface area contributed by atoms with Crippen LogP contribution >= 0.6 is 45.9 Å². The third kappa shape index (κ3) is 5.62. The lowest BCUT2D eigenvalue weighted by molar-refractivity contribution is -0.141. The van der Waals surface area contributed by atoms with E-state index in [4.69, 9.17) is 23.2 Å². The number of amides is 2. The van der Waals surface area contributed by atoms with E-state index in [0.29, 0.717) is 29.6 Å². The van der Waals surface area contributed by atoms with Crippen molar-refractivity contribution < 1.29 is 9.59 Å². The highest BCUT2D eigenvalue weighted by atomic mass is 35.5. The molecule has 2 aromatic heterocycles. The van der Waals surface area contributed by atoms with Gasteiger partial charge in [0.1, 0.15) is 0 Å². The van der Waals surface area contributed by atoms with E-state index in [1.807, 2.05) is 34.5 Å². The van der Waals surface area contributed by atoms with E-state index in [1.165, 1.54) is 4.88 Å². The van der Waals surface area contributed by atoms with Crippen LogP contribution < -0.4 is 0 Å². The molecule has 8 heteroatoms. The number of benzene rings is 1. The van der Waals surface area contributed by atoms with Crippen LogP contribution in [0.3, 0.4) is 0 Å². The second-order valence-electron chi connectivity index (χ2n) is 8.63. The predicted octanol–water partition coefficient (Wildman–Crippen LogP) is 6.32. The molecule has 0 aliphatic carbocycles. The van der Waals surface area contributed by atoms with Crippen LogP contribution in [0.25, 0.3) is 0 Å². The largest absolute Gasteiger partial charge is 0.333 e. The summed E-state index contributed by atoms with van der Waals surface area (Å²) in [5, 5.41) is 5.13. The second-order valence-corrected chi connectivity index (χ2v) is 11.5. The number of hydrogen-bond donors (Lipinski definition) is 0. The van der Waals surface area contributed by atoms with Gasteiger partial charge in [-0.05, 0) is 58.5 Å². The van der Waals surface area contributed by atoms with Crippen molar-refractivity contribution >= 4 is 57.7 Å². The van der Waals surface area contributed by atoms with Crippen LogP contribution in [0.2, 0.25) is 10.0 Å². The molecular weight excluding hydrogens is 495 g/mol. The van der Waals surface area contributed by atoms with Crippen molar-refractivity contribution in [3.63, 3.8) is 0 Å². The van der Waals surface area contributed by atoms with E-state index in [9.17, 15) is 9.59 Å². The van der Waals surface area contributed by atoms with Gasteiger partial charge in [-0.1, -0.05) is 49.2 Å². The monoisotopic (exact) mass is 520 g/mol. The number of carbonyl (C=O) groups excluding carboxylic acids is 2. The number of fused-ring (bicyclic) bond motifs is 1. The Morgan fingerprint density at radius 1 is 1.12 bits per heavy atom. The lowest BCUT2D eigenvalue weighted by Crippen LogP contribution is -2.47. The summed E-state index contributed by atoms with van der Waals surface area (Å²) in [5.41, 5.74) is 1.96. The average molecular weight is 522 g/mol. The zero-order valence-corrected chi connectivity index (χ0v) is 21.7. The highest BCUT2D eigenvalue weighted by Crippen LogP contribution is 2.41. The molecule has 3 aromatic rings. The number of rotatable bonds is 7. The maximum atomic E-state index is 13.7. The van der Waals surface area contributed by atoms with Crippen molar-refractivity contribution in [3.05, 3.63) is 78.1 Å². The van der Waals surface area contributed by atoms with Gasteiger partial charge in [-0.2, -0.15) is 0 Å². The zero-order chi connectivity index (χ0) is 23.5. The lowest BCUT2D eigenvalue weighted by Gasteiger charge is -2.38. The van der Waals surface area contributed by atoms with E-state index in [-0.39, 0.29) is 30.3 Å². The van der Waals surface area contributed by atoms with Crippen LogP contribution in [-0.2, 0) is 22.4 Å². The van der Waals surface area contributed by atoms with Crippen molar-refractivity contribution in [2.45, 2.75) is 32.7 Å². The molecule has 1 unspecified atom stereocenters. The molecule has 33 heavy (non-hydrogen) atoms. The first-order valence-corrected chi connectivity index (χ1v) is 13.5. The maximum absolute atomic E-state index is 13.7. The van der Waals surface area contributed by atoms with Crippen molar-refractivity contribution in [2.24, 2.45) is 5.92 Å². The number of halogens is 2. The summed E-state index contributed by atoms with van der Waals surface area (Å²) in [6.45, 7) is 5.31. The number of nitrogens with zero attached hydrogens (tertiary/aromatic N) is 2. The van der Waals surface area contributed by atoms with Crippen molar-refractivity contribution in [2.75, 3.05) is 19.6 Å². The van der Waals surface area contributed by atoms with Gasteiger partial charge in [-0.3, -0.25) is 9.59 Å². The van der Waals surface area contributed by atoms with Crippen LogP contribution in [0.1, 0.15) is 40.8 Å². The van der Waals surface area contributed by atoms with Gasteiger partial charge in [0.15, 0.2) is 0 Å². The molecule has 2 amide bonds. The molecule has 4 rings (SSSR count). The van der Waals surface area contributed by atoms with E-state index >= 15 is 0 Å². The molecule has 0 N–H and O–H groups in total. The van der Waals surface area contributed by atoms with E-state index in [1.54, 1.807) is 33.6 Å². The Kier molecular flexibility index (Phi) is 7.80. The molecular formula is C25H26Cl2N2O2S2. The minimum Gasteiger partial charge on any atom is -0.333 e. The molecule has 0 fully saturated rings. The Balaban J connectivity index is 1.60. The Bertz CT molecular complexity index is 1130. The van der Waals surface area contributed by atoms with E-state index in [0.717, 1.165) is 22.4 Å². The van der Waals surface area contributed by atoms with Gasteiger partial charge >= 0.3 is 0 Å².